The zero-order chi connectivity index (χ0) is 20.5. The summed E-state index contributed by atoms with van der Waals surface area (Å²) in [5, 5.41) is 2.83. The van der Waals surface area contributed by atoms with E-state index in [0.717, 1.165) is 36.5 Å². The first kappa shape index (κ1) is 20.3. The van der Waals surface area contributed by atoms with E-state index in [0.29, 0.717) is 12.3 Å². The maximum absolute atomic E-state index is 12.4. The predicted molar refractivity (Wildman–Crippen MR) is 115 cm³/mol. The minimum atomic E-state index is -0.293. The highest BCUT2D eigenvalue weighted by molar-refractivity contribution is 6.02. The van der Waals surface area contributed by atoms with E-state index in [2.05, 4.69) is 22.2 Å². The Balaban J connectivity index is 1.53. The Bertz CT molecular complexity index is 896. The van der Waals surface area contributed by atoms with E-state index >= 15 is 0 Å². The van der Waals surface area contributed by atoms with Gasteiger partial charge < -0.3 is 15.0 Å². The fraction of sp³-hybridized carbons (Fsp3) is 0.261. The second kappa shape index (κ2) is 10.2. The van der Waals surface area contributed by atoms with Gasteiger partial charge in [-0.15, -0.1) is 0 Å². The maximum Gasteiger partial charge on any atom is 0.275 e. The van der Waals surface area contributed by atoms with Crippen LogP contribution in [0.4, 0.5) is 11.5 Å². The Hall–Kier alpha value is -3.41. The number of nitrogens with one attached hydrogen (secondary N) is 1. The van der Waals surface area contributed by atoms with Crippen LogP contribution in [0.3, 0.4) is 0 Å². The van der Waals surface area contributed by atoms with Gasteiger partial charge in [-0.2, -0.15) is 0 Å². The maximum atomic E-state index is 12.4. The van der Waals surface area contributed by atoms with Gasteiger partial charge in [0.05, 0.1) is 12.4 Å². The molecule has 3 rings (SSSR count). The third-order valence-corrected chi connectivity index (χ3v) is 4.47. The van der Waals surface area contributed by atoms with Crippen LogP contribution < -0.4 is 15.0 Å². The van der Waals surface area contributed by atoms with Crippen molar-refractivity contribution in [3.05, 3.63) is 78.2 Å². The van der Waals surface area contributed by atoms with Gasteiger partial charge in [-0.25, -0.2) is 9.97 Å². The summed E-state index contributed by atoms with van der Waals surface area (Å²) >= 11 is 0. The summed E-state index contributed by atoms with van der Waals surface area (Å²) in [4.78, 5) is 23.0. The molecule has 0 saturated heterocycles. The van der Waals surface area contributed by atoms with Crippen molar-refractivity contribution in [3.63, 3.8) is 0 Å². The molecule has 0 radical (unpaired) electrons. The minimum Gasteiger partial charge on any atom is -0.489 e. The van der Waals surface area contributed by atoms with Crippen LogP contribution in [0.2, 0.25) is 0 Å². The zero-order valence-electron chi connectivity index (χ0n) is 16.8. The topological polar surface area (TPSA) is 67.4 Å². The van der Waals surface area contributed by atoms with Gasteiger partial charge in [0, 0.05) is 19.3 Å². The molecule has 0 saturated carbocycles. The van der Waals surface area contributed by atoms with Crippen LogP contribution in [-0.2, 0) is 6.61 Å². The van der Waals surface area contributed by atoms with Gasteiger partial charge in [0.25, 0.3) is 5.91 Å². The molecule has 0 unspecified atom stereocenters. The van der Waals surface area contributed by atoms with Crippen LogP contribution in [-0.4, -0.2) is 29.5 Å². The molecule has 1 amide bonds. The third kappa shape index (κ3) is 6.04. The highest BCUT2D eigenvalue weighted by Gasteiger charge is 2.10. The molecule has 1 heterocycles. The molecule has 0 atom stereocenters. The summed E-state index contributed by atoms with van der Waals surface area (Å²) in [5.74, 6) is 1.21. The Morgan fingerprint density at radius 3 is 2.45 bits per heavy atom. The minimum absolute atomic E-state index is 0.280. The van der Waals surface area contributed by atoms with Crippen LogP contribution >= 0.6 is 0 Å². The average Bonchev–Trinajstić information content (AvgIpc) is 2.77. The van der Waals surface area contributed by atoms with Crippen molar-refractivity contribution in [2.45, 2.75) is 26.4 Å². The molecule has 0 aliphatic carbocycles. The number of hydrogen-bond donors (Lipinski definition) is 1. The van der Waals surface area contributed by atoms with E-state index in [1.807, 2.05) is 54.4 Å². The van der Waals surface area contributed by atoms with Crippen molar-refractivity contribution in [2.75, 3.05) is 23.8 Å². The summed E-state index contributed by atoms with van der Waals surface area (Å²) in [6, 6.07) is 17.2. The number of benzene rings is 2. The first-order chi connectivity index (χ1) is 14.2. The molecule has 0 aliphatic rings. The van der Waals surface area contributed by atoms with E-state index in [1.165, 1.54) is 6.20 Å². The quantitative estimate of drug-likeness (QED) is 0.581. The normalized spacial score (nSPS) is 10.4. The summed E-state index contributed by atoms with van der Waals surface area (Å²) in [7, 11) is 1.97. The van der Waals surface area contributed by atoms with E-state index in [4.69, 9.17) is 4.74 Å². The number of ether oxygens (including phenoxy) is 1. The van der Waals surface area contributed by atoms with Gasteiger partial charge in [0.2, 0.25) is 0 Å². The third-order valence-electron chi connectivity index (χ3n) is 4.47. The number of hydrogen-bond acceptors (Lipinski definition) is 5. The van der Waals surface area contributed by atoms with Gasteiger partial charge in [0.15, 0.2) is 0 Å². The molecule has 3 aromatic rings. The van der Waals surface area contributed by atoms with Gasteiger partial charge in [0.1, 0.15) is 23.9 Å². The van der Waals surface area contributed by atoms with E-state index in [-0.39, 0.29) is 11.6 Å². The second-order valence-corrected chi connectivity index (χ2v) is 6.79. The van der Waals surface area contributed by atoms with E-state index in [1.54, 1.807) is 18.3 Å². The predicted octanol–water partition coefficient (Wildman–Crippen LogP) is 4.54. The standard InChI is InChI=1S/C23H26N4O2/c1-3-4-14-27(2)22-16-24-21(15-25-22)23(28)26-19-10-12-20(13-11-19)29-17-18-8-6-5-7-9-18/h5-13,15-16H,3-4,14,17H2,1-2H3,(H,26,28). The van der Waals surface area contributed by atoms with Crippen LogP contribution in [0, 0.1) is 0 Å². The molecular formula is C23H26N4O2. The van der Waals surface area contributed by atoms with E-state index in [9.17, 15) is 4.79 Å². The molecule has 150 valence electrons. The van der Waals surface area contributed by atoms with Gasteiger partial charge >= 0.3 is 0 Å². The van der Waals surface area contributed by atoms with Gasteiger partial charge in [-0.3, -0.25) is 4.79 Å². The van der Waals surface area contributed by atoms with Crippen LogP contribution in [0.1, 0.15) is 35.8 Å². The molecule has 0 spiro atoms. The molecule has 6 heteroatoms. The Kier molecular flexibility index (Phi) is 7.16. The molecule has 0 aliphatic heterocycles. The van der Waals surface area contributed by atoms with Crippen molar-refractivity contribution in [2.24, 2.45) is 0 Å². The average molecular weight is 390 g/mol. The van der Waals surface area contributed by atoms with Crippen LogP contribution in [0.5, 0.6) is 5.75 Å². The Labute approximate surface area is 171 Å². The van der Waals surface area contributed by atoms with Crippen molar-refractivity contribution in [1.29, 1.82) is 0 Å². The smallest absolute Gasteiger partial charge is 0.275 e. The summed E-state index contributed by atoms with van der Waals surface area (Å²) < 4.78 is 5.76. The van der Waals surface area contributed by atoms with Gasteiger partial charge in [-0.1, -0.05) is 43.7 Å². The SMILES string of the molecule is CCCCN(C)c1cnc(C(=O)Nc2ccc(OCc3ccccc3)cc2)cn1. The Morgan fingerprint density at radius 1 is 1.03 bits per heavy atom. The number of aromatic nitrogens is 2. The van der Waals surface area contributed by atoms with Crippen LogP contribution in [0.25, 0.3) is 0 Å². The number of rotatable bonds is 9. The number of unbranched alkanes of at least 4 members (excludes halogenated alkanes) is 1. The molecule has 0 fully saturated rings. The fourth-order valence-electron chi connectivity index (χ4n) is 2.72. The van der Waals surface area contributed by atoms with Crippen molar-refractivity contribution >= 4 is 17.4 Å². The first-order valence-electron chi connectivity index (χ1n) is 9.77. The summed E-state index contributed by atoms with van der Waals surface area (Å²) in [5.41, 5.74) is 2.06. The highest BCUT2D eigenvalue weighted by atomic mass is 16.5. The van der Waals surface area contributed by atoms with Crippen molar-refractivity contribution in [1.82, 2.24) is 9.97 Å². The number of carbonyl (C=O) groups excluding carboxylic acids is 1. The largest absolute Gasteiger partial charge is 0.489 e. The lowest BCUT2D eigenvalue weighted by Gasteiger charge is -2.17. The molecule has 1 aromatic heterocycles. The molecule has 29 heavy (non-hydrogen) atoms. The molecule has 1 N–H and O–H groups in total. The monoisotopic (exact) mass is 390 g/mol. The second-order valence-electron chi connectivity index (χ2n) is 6.79. The lowest BCUT2D eigenvalue weighted by Crippen LogP contribution is -2.21. The number of amides is 1. The van der Waals surface area contributed by atoms with Crippen LogP contribution in [0.15, 0.2) is 67.0 Å². The number of anilines is 2. The van der Waals surface area contributed by atoms with Gasteiger partial charge in [-0.05, 0) is 36.2 Å². The lowest BCUT2D eigenvalue weighted by molar-refractivity contribution is 0.102. The first-order valence-corrected chi connectivity index (χ1v) is 9.77. The molecule has 6 nitrogen and oxygen atoms in total. The summed E-state index contributed by atoms with van der Waals surface area (Å²) in [6.07, 6.45) is 5.34. The summed E-state index contributed by atoms with van der Waals surface area (Å²) in [6.45, 7) is 3.56. The molecule has 2 aromatic carbocycles. The molecular weight excluding hydrogens is 364 g/mol. The van der Waals surface area contributed by atoms with Crippen molar-refractivity contribution < 1.29 is 9.53 Å². The fourth-order valence-corrected chi connectivity index (χ4v) is 2.72. The Morgan fingerprint density at radius 2 is 1.79 bits per heavy atom. The highest BCUT2D eigenvalue weighted by Crippen LogP contribution is 2.18. The molecule has 0 bridgehead atoms. The zero-order valence-corrected chi connectivity index (χ0v) is 16.8. The lowest BCUT2D eigenvalue weighted by atomic mass is 10.2. The van der Waals surface area contributed by atoms with E-state index < -0.39 is 0 Å². The number of carbonyl (C=O) groups is 1. The van der Waals surface area contributed by atoms with Crippen molar-refractivity contribution in [3.8, 4) is 5.75 Å². The number of nitrogens with zero attached hydrogens (tertiary/aromatic N) is 3.